The van der Waals surface area contributed by atoms with Crippen LogP contribution in [0.5, 0.6) is 0 Å². The van der Waals surface area contributed by atoms with Crippen LogP contribution in [-0.2, 0) is 0 Å². The topological polar surface area (TPSA) is 18.5 Å². The van der Waals surface area contributed by atoms with Crippen molar-refractivity contribution in [3.63, 3.8) is 0 Å². The van der Waals surface area contributed by atoms with Gasteiger partial charge in [-0.1, -0.05) is 20.8 Å². The van der Waals surface area contributed by atoms with Crippen LogP contribution in [0.15, 0.2) is 0 Å². The van der Waals surface area contributed by atoms with Crippen molar-refractivity contribution < 1.29 is 0 Å². The van der Waals surface area contributed by atoms with Crippen molar-refractivity contribution in [1.82, 2.24) is 15.1 Å². The summed E-state index contributed by atoms with van der Waals surface area (Å²) < 4.78 is 0. The summed E-state index contributed by atoms with van der Waals surface area (Å²) in [5, 5.41) is 3.50. The molecule has 1 aliphatic heterocycles. The molecule has 2 atom stereocenters. The van der Waals surface area contributed by atoms with E-state index in [9.17, 15) is 0 Å². The van der Waals surface area contributed by atoms with E-state index < -0.39 is 0 Å². The maximum Gasteiger partial charge on any atom is 0.0244 e. The molecule has 0 radical (unpaired) electrons. The van der Waals surface area contributed by atoms with Gasteiger partial charge >= 0.3 is 0 Å². The van der Waals surface area contributed by atoms with E-state index in [0.717, 1.165) is 25.0 Å². The molecule has 1 heterocycles. The van der Waals surface area contributed by atoms with Crippen molar-refractivity contribution in [3.05, 3.63) is 0 Å². The summed E-state index contributed by atoms with van der Waals surface area (Å²) in [4.78, 5) is 5.03. The van der Waals surface area contributed by atoms with Gasteiger partial charge in [0.15, 0.2) is 0 Å². The Morgan fingerprint density at radius 1 is 1.38 bits per heavy atom. The number of nitrogens with one attached hydrogen (secondary N) is 1. The minimum Gasteiger partial charge on any atom is -0.315 e. The molecule has 1 aliphatic rings. The van der Waals surface area contributed by atoms with Gasteiger partial charge in [0.25, 0.3) is 0 Å². The standard InChI is InChI=1S/C13H29N3/c1-6-14-9-13(11(2)3)16-8-7-12(10-16)15(4)5/h11-14H,6-10H2,1-5H3. The Labute approximate surface area is 101 Å². The lowest BCUT2D eigenvalue weighted by Gasteiger charge is -2.32. The van der Waals surface area contributed by atoms with Crippen molar-refractivity contribution in [2.45, 2.75) is 39.3 Å². The van der Waals surface area contributed by atoms with Gasteiger partial charge in [-0.25, -0.2) is 0 Å². The first-order valence-corrected chi connectivity index (χ1v) is 6.67. The second-order valence-corrected chi connectivity index (χ2v) is 5.52. The SMILES string of the molecule is CCNCC(C(C)C)N1CCC(N(C)C)C1. The zero-order valence-electron chi connectivity index (χ0n) is 11.7. The molecular weight excluding hydrogens is 198 g/mol. The third-order valence-corrected chi connectivity index (χ3v) is 3.77. The summed E-state index contributed by atoms with van der Waals surface area (Å²) in [5.41, 5.74) is 0. The first-order chi connectivity index (χ1) is 7.56. The maximum absolute atomic E-state index is 3.50. The monoisotopic (exact) mass is 227 g/mol. The lowest BCUT2D eigenvalue weighted by molar-refractivity contribution is 0.172. The van der Waals surface area contributed by atoms with E-state index in [1.807, 2.05) is 0 Å². The first-order valence-electron chi connectivity index (χ1n) is 6.67. The number of hydrogen-bond donors (Lipinski definition) is 1. The van der Waals surface area contributed by atoms with Crippen LogP contribution >= 0.6 is 0 Å². The van der Waals surface area contributed by atoms with Crippen LogP contribution in [0.4, 0.5) is 0 Å². The molecule has 0 aliphatic carbocycles. The second-order valence-electron chi connectivity index (χ2n) is 5.52. The van der Waals surface area contributed by atoms with Crippen molar-refractivity contribution in [1.29, 1.82) is 0 Å². The molecule has 0 amide bonds. The normalized spacial score (nSPS) is 24.6. The zero-order valence-corrected chi connectivity index (χ0v) is 11.7. The predicted octanol–water partition coefficient (Wildman–Crippen LogP) is 1.26. The van der Waals surface area contributed by atoms with Gasteiger partial charge in [-0.15, -0.1) is 0 Å². The van der Waals surface area contributed by atoms with Crippen molar-refractivity contribution in [2.24, 2.45) is 5.92 Å². The Bertz CT molecular complexity index is 192. The van der Waals surface area contributed by atoms with Crippen molar-refractivity contribution >= 4 is 0 Å². The molecule has 0 spiro atoms. The molecule has 3 heteroatoms. The first kappa shape index (κ1) is 13.9. The predicted molar refractivity (Wildman–Crippen MR) is 70.8 cm³/mol. The summed E-state index contributed by atoms with van der Waals surface area (Å²) in [5.74, 6) is 0.736. The van der Waals surface area contributed by atoms with Gasteiger partial charge in [0.05, 0.1) is 0 Å². The van der Waals surface area contributed by atoms with E-state index >= 15 is 0 Å². The summed E-state index contributed by atoms with van der Waals surface area (Å²) in [7, 11) is 4.39. The van der Waals surface area contributed by atoms with Gasteiger partial charge in [0.1, 0.15) is 0 Å². The fraction of sp³-hybridized carbons (Fsp3) is 1.00. The summed E-state index contributed by atoms with van der Waals surface area (Å²) in [6.45, 7) is 11.6. The highest BCUT2D eigenvalue weighted by Crippen LogP contribution is 2.19. The molecule has 0 saturated carbocycles. The van der Waals surface area contributed by atoms with Gasteiger partial charge < -0.3 is 10.2 Å². The van der Waals surface area contributed by atoms with Crippen LogP contribution in [0.3, 0.4) is 0 Å². The largest absolute Gasteiger partial charge is 0.315 e. The Kier molecular flexibility index (Phi) is 5.73. The quantitative estimate of drug-likeness (QED) is 0.737. The summed E-state index contributed by atoms with van der Waals surface area (Å²) in [6, 6.07) is 1.45. The van der Waals surface area contributed by atoms with E-state index in [1.54, 1.807) is 0 Å². The van der Waals surface area contributed by atoms with Gasteiger partial charge in [-0.05, 0) is 33.0 Å². The Morgan fingerprint density at radius 3 is 2.50 bits per heavy atom. The molecule has 1 rings (SSSR count). The van der Waals surface area contributed by atoms with E-state index in [0.29, 0.717) is 6.04 Å². The molecule has 2 unspecified atom stereocenters. The third kappa shape index (κ3) is 3.72. The number of hydrogen-bond acceptors (Lipinski definition) is 3. The van der Waals surface area contributed by atoms with Gasteiger partial charge in [-0.2, -0.15) is 0 Å². The highest BCUT2D eigenvalue weighted by Gasteiger charge is 2.30. The van der Waals surface area contributed by atoms with Gasteiger partial charge in [-0.3, -0.25) is 4.90 Å². The highest BCUT2D eigenvalue weighted by atomic mass is 15.3. The average molecular weight is 227 g/mol. The minimum absolute atomic E-state index is 0.699. The van der Waals surface area contributed by atoms with Gasteiger partial charge in [0.2, 0.25) is 0 Å². The fourth-order valence-electron chi connectivity index (χ4n) is 2.57. The van der Waals surface area contributed by atoms with Crippen LogP contribution in [0.1, 0.15) is 27.2 Å². The average Bonchev–Trinajstić information content (AvgIpc) is 2.67. The van der Waals surface area contributed by atoms with Crippen molar-refractivity contribution in [3.8, 4) is 0 Å². The van der Waals surface area contributed by atoms with Crippen LogP contribution in [-0.4, -0.2) is 62.2 Å². The smallest absolute Gasteiger partial charge is 0.0244 e. The number of nitrogens with zero attached hydrogens (tertiary/aromatic N) is 2. The van der Waals surface area contributed by atoms with E-state index in [-0.39, 0.29) is 0 Å². The Balaban J connectivity index is 2.47. The van der Waals surface area contributed by atoms with E-state index in [1.165, 1.54) is 19.5 Å². The van der Waals surface area contributed by atoms with Crippen LogP contribution < -0.4 is 5.32 Å². The van der Waals surface area contributed by atoms with Gasteiger partial charge in [0, 0.05) is 31.7 Å². The molecule has 0 bridgehead atoms. The molecule has 1 N–H and O–H groups in total. The molecule has 96 valence electrons. The Morgan fingerprint density at radius 2 is 2.06 bits per heavy atom. The lowest BCUT2D eigenvalue weighted by atomic mass is 10.0. The molecule has 16 heavy (non-hydrogen) atoms. The molecule has 1 fully saturated rings. The number of rotatable bonds is 6. The highest BCUT2D eigenvalue weighted by molar-refractivity contribution is 4.87. The third-order valence-electron chi connectivity index (χ3n) is 3.77. The van der Waals surface area contributed by atoms with E-state index in [4.69, 9.17) is 0 Å². The van der Waals surface area contributed by atoms with Crippen LogP contribution in [0, 0.1) is 5.92 Å². The molecule has 1 saturated heterocycles. The number of likely N-dealkylation sites (N-methyl/N-ethyl adjacent to an activating group) is 2. The molecule has 3 nitrogen and oxygen atoms in total. The summed E-state index contributed by atoms with van der Waals surface area (Å²) in [6.07, 6.45) is 1.32. The zero-order chi connectivity index (χ0) is 12.1. The fourth-order valence-corrected chi connectivity index (χ4v) is 2.57. The molecule has 0 aromatic carbocycles. The molecule has 0 aromatic heterocycles. The molecular formula is C13H29N3. The van der Waals surface area contributed by atoms with E-state index in [2.05, 4.69) is 50.0 Å². The number of likely N-dealkylation sites (tertiary alicyclic amines) is 1. The Hall–Kier alpha value is -0.120. The molecule has 0 aromatic rings. The van der Waals surface area contributed by atoms with Crippen molar-refractivity contribution in [2.75, 3.05) is 40.3 Å². The minimum atomic E-state index is 0.699. The van der Waals surface area contributed by atoms with Crippen LogP contribution in [0.25, 0.3) is 0 Å². The summed E-state index contributed by atoms with van der Waals surface area (Å²) >= 11 is 0. The maximum atomic E-state index is 3.50. The second kappa shape index (κ2) is 6.58. The lowest BCUT2D eigenvalue weighted by Crippen LogP contribution is -2.45. The van der Waals surface area contributed by atoms with Crippen LogP contribution in [0.2, 0.25) is 0 Å².